The predicted molar refractivity (Wildman–Crippen MR) is 113 cm³/mol. The van der Waals surface area contributed by atoms with Gasteiger partial charge in [-0.1, -0.05) is 12.1 Å². The SMILES string of the molecule is N#Cc1cccc(C2CN(c3cncc(OC[C@H]4CC[C@H](C(F)(F)F)CC4)c3)CCO2)c1. The standard InChI is InChI=1S/C24H26F3N3O2/c25-24(26,27)20-6-4-17(5-7-20)16-32-22-11-21(13-29-14-22)30-8-9-31-23(15-30)19-3-1-2-18(10-19)12-28/h1-3,10-11,13-14,17,20,23H,4-9,15-16H2/t17-,20-,23?. The maximum absolute atomic E-state index is 12.8. The Labute approximate surface area is 185 Å². The number of halogens is 3. The first-order valence-corrected chi connectivity index (χ1v) is 10.9. The van der Waals surface area contributed by atoms with Crippen LogP contribution in [-0.4, -0.2) is 37.5 Å². The first kappa shape index (κ1) is 22.4. The minimum absolute atomic E-state index is 0.137. The maximum Gasteiger partial charge on any atom is 0.391 e. The molecular formula is C24H26F3N3O2. The van der Waals surface area contributed by atoms with Crippen LogP contribution < -0.4 is 9.64 Å². The number of ether oxygens (including phenoxy) is 2. The fraction of sp³-hybridized carbons (Fsp3) is 0.500. The van der Waals surface area contributed by atoms with Gasteiger partial charge in [-0.05, 0) is 49.3 Å². The molecule has 32 heavy (non-hydrogen) atoms. The predicted octanol–water partition coefficient (Wildman–Crippen LogP) is 5.28. The molecule has 0 amide bonds. The van der Waals surface area contributed by atoms with Crippen LogP contribution >= 0.6 is 0 Å². The molecule has 1 aromatic carbocycles. The van der Waals surface area contributed by atoms with Gasteiger partial charge < -0.3 is 14.4 Å². The Kier molecular flexibility index (Phi) is 6.85. The minimum atomic E-state index is -4.09. The van der Waals surface area contributed by atoms with Crippen LogP contribution in [0.25, 0.3) is 0 Å². The summed E-state index contributed by atoms with van der Waals surface area (Å²) in [5, 5.41) is 9.14. The summed E-state index contributed by atoms with van der Waals surface area (Å²) in [5.74, 6) is -0.417. The molecule has 4 rings (SSSR count). The van der Waals surface area contributed by atoms with Crippen LogP contribution in [0.15, 0.2) is 42.7 Å². The number of anilines is 1. The fourth-order valence-corrected chi connectivity index (χ4v) is 4.42. The number of benzene rings is 1. The second kappa shape index (κ2) is 9.78. The van der Waals surface area contributed by atoms with Crippen molar-refractivity contribution in [2.45, 2.75) is 38.0 Å². The Balaban J connectivity index is 1.34. The lowest BCUT2D eigenvalue weighted by Crippen LogP contribution is -2.38. The summed E-state index contributed by atoms with van der Waals surface area (Å²) in [6.07, 6.45) is 0.597. The minimum Gasteiger partial charge on any atom is -0.492 e. The molecule has 8 heteroatoms. The lowest BCUT2D eigenvalue weighted by molar-refractivity contribution is -0.184. The Morgan fingerprint density at radius 2 is 1.97 bits per heavy atom. The molecule has 1 saturated heterocycles. The van der Waals surface area contributed by atoms with Crippen molar-refractivity contribution in [3.63, 3.8) is 0 Å². The molecular weight excluding hydrogens is 419 g/mol. The number of hydrogen-bond acceptors (Lipinski definition) is 5. The van der Waals surface area contributed by atoms with Gasteiger partial charge in [-0.25, -0.2) is 0 Å². The monoisotopic (exact) mass is 445 g/mol. The zero-order chi connectivity index (χ0) is 22.6. The van der Waals surface area contributed by atoms with Gasteiger partial charge in [0.1, 0.15) is 11.9 Å². The average Bonchev–Trinajstić information content (AvgIpc) is 2.83. The van der Waals surface area contributed by atoms with E-state index in [0.717, 1.165) is 11.3 Å². The van der Waals surface area contributed by atoms with Crippen molar-refractivity contribution in [3.8, 4) is 11.8 Å². The third-order valence-corrected chi connectivity index (χ3v) is 6.31. The summed E-state index contributed by atoms with van der Waals surface area (Å²) in [5.41, 5.74) is 2.47. The smallest absolute Gasteiger partial charge is 0.391 e. The van der Waals surface area contributed by atoms with E-state index < -0.39 is 12.1 Å². The lowest BCUT2D eigenvalue weighted by atomic mass is 9.82. The zero-order valence-electron chi connectivity index (χ0n) is 17.7. The molecule has 0 N–H and O–H groups in total. The molecule has 5 nitrogen and oxygen atoms in total. The van der Waals surface area contributed by atoms with E-state index in [-0.39, 0.29) is 24.9 Å². The van der Waals surface area contributed by atoms with Crippen LogP contribution in [0.1, 0.15) is 42.9 Å². The van der Waals surface area contributed by atoms with E-state index in [1.54, 1.807) is 18.5 Å². The molecule has 1 atom stereocenters. The van der Waals surface area contributed by atoms with Crippen LogP contribution in [-0.2, 0) is 4.74 Å². The van der Waals surface area contributed by atoms with Crippen LogP contribution in [0.4, 0.5) is 18.9 Å². The van der Waals surface area contributed by atoms with Gasteiger partial charge in [-0.15, -0.1) is 0 Å². The van der Waals surface area contributed by atoms with Crippen molar-refractivity contribution in [3.05, 3.63) is 53.9 Å². The molecule has 1 aromatic heterocycles. The molecule has 2 heterocycles. The molecule has 2 fully saturated rings. The summed E-state index contributed by atoms with van der Waals surface area (Å²) in [6.45, 7) is 2.29. The van der Waals surface area contributed by atoms with Crippen LogP contribution in [0.2, 0.25) is 0 Å². The molecule has 1 unspecified atom stereocenters. The highest BCUT2D eigenvalue weighted by Gasteiger charge is 2.41. The molecule has 0 radical (unpaired) electrons. The van der Waals surface area contributed by atoms with E-state index in [4.69, 9.17) is 14.7 Å². The summed E-state index contributed by atoms with van der Waals surface area (Å²) in [6, 6.07) is 11.5. The summed E-state index contributed by atoms with van der Waals surface area (Å²) < 4.78 is 50.4. The molecule has 1 saturated carbocycles. The number of hydrogen-bond donors (Lipinski definition) is 0. The number of nitrogens with zero attached hydrogens (tertiary/aromatic N) is 3. The molecule has 2 aliphatic rings. The third-order valence-electron chi connectivity index (χ3n) is 6.31. The van der Waals surface area contributed by atoms with Crippen molar-refractivity contribution in [2.75, 3.05) is 31.2 Å². The highest BCUT2D eigenvalue weighted by molar-refractivity contribution is 5.49. The van der Waals surface area contributed by atoms with Crippen LogP contribution in [0.5, 0.6) is 5.75 Å². The van der Waals surface area contributed by atoms with E-state index in [9.17, 15) is 13.2 Å². The molecule has 1 aliphatic heterocycles. The Morgan fingerprint density at radius 1 is 1.16 bits per heavy atom. The highest BCUT2D eigenvalue weighted by Crippen LogP contribution is 2.39. The number of nitriles is 1. The average molecular weight is 445 g/mol. The van der Waals surface area contributed by atoms with Gasteiger partial charge in [-0.2, -0.15) is 18.4 Å². The fourth-order valence-electron chi connectivity index (χ4n) is 4.42. The second-order valence-corrected chi connectivity index (χ2v) is 8.49. The van der Waals surface area contributed by atoms with E-state index in [1.165, 1.54) is 0 Å². The second-order valence-electron chi connectivity index (χ2n) is 8.49. The number of pyridine rings is 1. The maximum atomic E-state index is 12.8. The van der Waals surface area contributed by atoms with Crippen molar-refractivity contribution in [2.24, 2.45) is 11.8 Å². The molecule has 0 spiro atoms. The van der Waals surface area contributed by atoms with Crippen molar-refractivity contribution < 1.29 is 22.6 Å². The van der Waals surface area contributed by atoms with E-state index >= 15 is 0 Å². The summed E-state index contributed by atoms with van der Waals surface area (Å²) in [4.78, 5) is 6.46. The Morgan fingerprint density at radius 3 is 2.72 bits per heavy atom. The number of alkyl halides is 3. The summed E-state index contributed by atoms with van der Waals surface area (Å²) >= 11 is 0. The van der Waals surface area contributed by atoms with E-state index in [1.807, 2.05) is 24.3 Å². The van der Waals surface area contributed by atoms with E-state index in [0.29, 0.717) is 50.5 Å². The third kappa shape index (κ3) is 5.52. The molecule has 1 aliphatic carbocycles. The number of morpholine rings is 1. The molecule has 170 valence electrons. The Hall–Kier alpha value is -2.79. The van der Waals surface area contributed by atoms with Crippen molar-refractivity contribution in [1.29, 1.82) is 5.26 Å². The first-order valence-electron chi connectivity index (χ1n) is 10.9. The van der Waals surface area contributed by atoms with Gasteiger partial charge in [0.2, 0.25) is 0 Å². The zero-order valence-corrected chi connectivity index (χ0v) is 17.7. The lowest BCUT2D eigenvalue weighted by Gasteiger charge is -2.34. The highest BCUT2D eigenvalue weighted by atomic mass is 19.4. The van der Waals surface area contributed by atoms with Gasteiger partial charge in [0.05, 0.1) is 48.8 Å². The van der Waals surface area contributed by atoms with Gasteiger partial charge in [0.15, 0.2) is 0 Å². The van der Waals surface area contributed by atoms with Gasteiger partial charge in [0, 0.05) is 19.2 Å². The van der Waals surface area contributed by atoms with Crippen molar-refractivity contribution in [1.82, 2.24) is 4.98 Å². The molecule has 2 aromatic rings. The Bertz CT molecular complexity index is 952. The van der Waals surface area contributed by atoms with E-state index in [2.05, 4.69) is 16.0 Å². The quantitative estimate of drug-likeness (QED) is 0.627. The molecule has 0 bridgehead atoms. The normalized spacial score (nSPS) is 24.1. The number of aromatic nitrogens is 1. The van der Waals surface area contributed by atoms with Crippen LogP contribution in [0, 0.1) is 23.2 Å². The van der Waals surface area contributed by atoms with Crippen molar-refractivity contribution >= 4 is 5.69 Å². The van der Waals surface area contributed by atoms with Gasteiger partial charge in [-0.3, -0.25) is 4.98 Å². The number of rotatable bonds is 5. The van der Waals surface area contributed by atoms with Crippen LogP contribution in [0.3, 0.4) is 0 Å². The van der Waals surface area contributed by atoms with Gasteiger partial charge >= 0.3 is 6.18 Å². The summed E-state index contributed by atoms with van der Waals surface area (Å²) in [7, 11) is 0. The van der Waals surface area contributed by atoms with Gasteiger partial charge in [0.25, 0.3) is 0 Å². The topological polar surface area (TPSA) is 58.4 Å². The largest absolute Gasteiger partial charge is 0.492 e. The first-order chi connectivity index (χ1) is 15.4.